The van der Waals surface area contributed by atoms with Crippen LogP contribution in [0.1, 0.15) is 11.3 Å². The maximum absolute atomic E-state index is 11.2. The second-order valence-corrected chi connectivity index (χ2v) is 4.40. The summed E-state index contributed by atoms with van der Waals surface area (Å²) >= 11 is 0. The lowest BCUT2D eigenvalue weighted by atomic mass is 10.1. The molecule has 0 aliphatic heterocycles. The van der Waals surface area contributed by atoms with Gasteiger partial charge in [0.2, 0.25) is 0 Å². The lowest BCUT2D eigenvalue weighted by Crippen LogP contribution is -2.23. The van der Waals surface area contributed by atoms with Crippen molar-refractivity contribution < 1.29 is 19.1 Å². The molecule has 1 atom stereocenters. The number of benzene rings is 1. The molecule has 0 radical (unpaired) electrons. The fourth-order valence-corrected chi connectivity index (χ4v) is 1.80. The van der Waals surface area contributed by atoms with Gasteiger partial charge >= 0.3 is 5.97 Å². The number of carboxylic acid groups (broad SMARTS) is 1. The third kappa shape index (κ3) is 3.61. The van der Waals surface area contributed by atoms with Gasteiger partial charge in [0.25, 0.3) is 0 Å². The van der Waals surface area contributed by atoms with Gasteiger partial charge in [0, 0.05) is 6.42 Å². The van der Waals surface area contributed by atoms with E-state index in [1.165, 1.54) is 6.26 Å². The molecule has 0 aliphatic carbocycles. The summed E-state index contributed by atoms with van der Waals surface area (Å²) in [7, 11) is 0. The third-order valence-corrected chi connectivity index (χ3v) is 2.91. The molecule has 1 aromatic heterocycles. The summed E-state index contributed by atoms with van der Waals surface area (Å²) in [6.45, 7) is 2.05. The largest absolute Gasteiger partial charge is 0.492 e. The summed E-state index contributed by atoms with van der Waals surface area (Å²) in [4.78, 5) is 11.2. The third-order valence-electron chi connectivity index (χ3n) is 2.91. The highest BCUT2D eigenvalue weighted by Gasteiger charge is 2.20. The Morgan fingerprint density at radius 2 is 2.11 bits per heavy atom. The molecule has 1 heterocycles. The molecule has 1 aromatic carbocycles. The zero-order valence-electron chi connectivity index (χ0n) is 10.7. The Balaban J connectivity index is 1.98. The van der Waals surface area contributed by atoms with Crippen molar-refractivity contribution in [3.8, 4) is 5.75 Å². The molecular weight excluding hydrogens is 244 g/mol. The van der Waals surface area contributed by atoms with Gasteiger partial charge in [-0.2, -0.15) is 0 Å². The number of aryl methyl sites for hydroxylation is 1. The number of rotatable bonds is 6. The van der Waals surface area contributed by atoms with Crippen molar-refractivity contribution in [3.05, 3.63) is 54.0 Å². The molecule has 19 heavy (non-hydrogen) atoms. The van der Waals surface area contributed by atoms with Gasteiger partial charge in [0.05, 0.1) is 12.2 Å². The van der Waals surface area contributed by atoms with Gasteiger partial charge in [0.1, 0.15) is 18.1 Å². The van der Waals surface area contributed by atoms with E-state index in [1.807, 2.05) is 31.2 Å². The van der Waals surface area contributed by atoms with E-state index in [2.05, 4.69) is 0 Å². The number of hydrogen-bond donors (Lipinski definition) is 1. The van der Waals surface area contributed by atoms with E-state index in [0.29, 0.717) is 17.9 Å². The van der Waals surface area contributed by atoms with Crippen molar-refractivity contribution in [2.75, 3.05) is 6.61 Å². The Kier molecular flexibility index (Phi) is 4.23. The number of para-hydroxylation sites is 1. The monoisotopic (exact) mass is 260 g/mol. The van der Waals surface area contributed by atoms with E-state index < -0.39 is 11.9 Å². The van der Waals surface area contributed by atoms with Crippen LogP contribution in [-0.2, 0) is 11.2 Å². The molecular formula is C15H16O4. The number of ether oxygens (including phenoxy) is 1. The van der Waals surface area contributed by atoms with Crippen LogP contribution in [0.2, 0.25) is 0 Å². The van der Waals surface area contributed by atoms with Crippen LogP contribution >= 0.6 is 0 Å². The van der Waals surface area contributed by atoms with Crippen molar-refractivity contribution in [2.45, 2.75) is 13.3 Å². The molecule has 0 bridgehead atoms. The number of furan rings is 1. The van der Waals surface area contributed by atoms with Crippen LogP contribution in [0.5, 0.6) is 5.75 Å². The summed E-state index contributed by atoms with van der Waals surface area (Å²) in [5.74, 6) is -0.135. The fraction of sp³-hybridized carbons (Fsp3) is 0.267. The van der Waals surface area contributed by atoms with Gasteiger partial charge in [-0.25, -0.2) is 0 Å². The zero-order valence-corrected chi connectivity index (χ0v) is 10.7. The molecule has 0 spiro atoms. The van der Waals surface area contributed by atoms with Gasteiger partial charge in [-0.05, 0) is 30.7 Å². The predicted octanol–water partition coefficient (Wildman–Crippen LogP) is 2.91. The standard InChI is InChI=1S/C15H16O4/c1-11-5-2-3-7-14(11)19-10-12(15(16)17)9-13-6-4-8-18-13/h2-8,12H,9-10H2,1H3,(H,16,17). The summed E-state index contributed by atoms with van der Waals surface area (Å²) in [6.07, 6.45) is 1.87. The molecule has 4 nitrogen and oxygen atoms in total. The Morgan fingerprint density at radius 1 is 1.32 bits per heavy atom. The minimum absolute atomic E-state index is 0.126. The highest BCUT2D eigenvalue weighted by Crippen LogP contribution is 2.18. The molecule has 0 aliphatic rings. The Morgan fingerprint density at radius 3 is 2.74 bits per heavy atom. The van der Waals surface area contributed by atoms with E-state index in [4.69, 9.17) is 9.15 Å². The molecule has 100 valence electrons. The van der Waals surface area contributed by atoms with Crippen LogP contribution < -0.4 is 4.74 Å². The second kappa shape index (κ2) is 6.09. The highest BCUT2D eigenvalue weighted by molar-refractivity contribution is 5.70. The number of aliphatic carboxylic acids is 1. The van der Waals surface area contributed by atoms with Crippen LogP contribution in [0.15, 0.2) is 47.1 Å². The first kappa shape index (κ1) is 13.2. The van der Waals surface area contributed by atoms with Crippen molar-refractivity contribution in [3.63, 3.8) is 0 Å². The Labute approximate surface area is 111 Å². The average Bonchev–Trinajstić information content (AvgIpc) is 2.88. The zero-order chi connectivity index (χ0) is 13.7. The first-order valence-corrected chi connectivity index (χ1v) is 6.10. The summed E-state index contributed by atoms with van der Waals surface area (Å²) < 4.78 is 10.8. The maximum atomic E-state index is 11.2. The topological polar surface area (TPSA) is 59.7 Å². The van der Waals surface area contributed by atoms with Crippen LogP contribution in [0.25, 0.3) is 0 Å². The van der Waals surface area contributed by atoms with Crippen molar-refractivity contribution in [1.82, 2.24) is 0 Å². The van der Waals surface area contributed by atoms with Crippen LogP contribution in [-0.4, -0.2) is 17.7 Å². The quantitative estimate of drug-likeness (QED) is 0.867. The van der Waals surface area contributed by atoms with Crippen LogP contribution in [0.4, 0.5) is 0 Å². The van der Waals surface area contributed by atoms with Gasteiger partial charge in [-0.15, -0.1) is 0 Å². The molecule has 0 amide bonds. The number of carboxylic acids is 1. The number of carbonyl (C=O) groups is 1. The van der Waals surface area contributed by atoms with Crippen LogP contribution in [0, 0.1) is 12.8 Å². The van der Waals surface area contributed by atoms with E-state index in [9.17, 15) is 9.90 Å². The molecule has 0 fully saturated rings. The predicted molar refractivity (Wildman–Crippen MR) is 70.2 cm³/mol. The minimum atomic E-state index is -0.884. The fourth-order valence-electron chi connectivity index (χ4n) is 1.80. The molecule has 0 saturated heterocycles. The molecule has 1 unspecified atom stereocenters. The van der Waals surface area contributed by atoms with Crippen molar-refractivity contribution in [2.24, 2.45) is 5.92 Å². The van der Waals surface area contributed by atoms with Crippen molar-refractivity contribution in [1.29, 1.82) is 0 Å². The van der Waals surface area contributed by atoms with E-state index in [0.717, 1.165) is 5.56 Å². The summed E-state index contributed by atoms with van der Waals surface area (Å²) in [5.41, 5.74) is 0.990. The summed E-state index contributed by atoms with van der Waals surface area (Å²) in [6, 6.07) is 11.1. The number of hydrogen-bond acceptors (Lipinski definition) is 3. The lowest BCUT2D eigenvalue weighted by Gasteiger charge is -2.14. The molecule has 4 heteroatoms. The minimum Gasteiger partial charge on any atom is -0.492 e. The average molecular weight is 260 g/mol. The SMILES string of the molecule is Cc1ccccc1OCC(Cc1ccco1)C(=O)O. The van der Waals surface area contributed by atoms with Crippen molar-refractivity contribution >= 4 is 5.97 Å². The molecule has 0 saturated carbocycles. The Bertz CT molecular complexity index is 531. The summed E-state index contributed by atoms with van der Waals surface area (Å²) in [5, 5.41) is 9.20. The van der Waals surface area contributed by atoms with Gasteiger partial charge < -0.3 is 14.3 Å². The van der Waals surface area contributed by atoms with Crippen LogP contribution in [0.3, 0.4) is 0 Å². The first-order valence-electron chi connectivity index (χ1n) is 6.10. The van der Waals surface area contributed by atoms with Gasteiger partial charge in [-0.1, -0.05) is 18.2 Å². The molecule has 2 aromatic rings. The molecule has 2 rings (SSSR count). The highest BCUT2D eigenvalue weighted by atomic mass is 16.5. The lowest BCUT2D eigenvalue weighted by molar-refractivity contribution is -0.142. The second-order valence-electron chi connectivity index (χ2n) is 4.40. The maximum Gasteiger partial charge on any atom is 0.310 e. The first-order chi connectivity index (χ1) is 9.16. The van der Waals surface area contributed by atoms with Gasteiger partial charge in [0.15, 0.2) is 0 Å². The van der Waals surface area contributed by atoms with Gasteiger partial charge in [-0.3, -0.25) is 4.79 Å². The Hall–Kier alpha value is -2.23. The van der Waals surface area contributed by atoms with E-state index >= 15 is 0 Å². The van der Waals surface area contributed by atoms with E-state index in [1.54, 1.807) is 12.1 Å². The normalized spacial score (nSPS) is 12.1. The smallest absolute Gasteiger partial charge is 0.310 e. The van der Waals surface area contributed by atoms with E-state index in [-0.39, 0.29) is 6.61 Å². The molecule has 1 N–H and O–H groups in total.